The van der Waals surface area contributed by atoms with Crippen LogP contribution < -0.4 is 10.6 Å². The number of hydrogen-bond acceptors (Lipinski definition) is 3. The molecule has 3 heteroatoms. The second-order valence-corrected chi connectivity index (χ2v) is 6.04. The molecule has 1 fully saturated rings. The van der Waals surface area contributed by atoms with Crippen molar-refractivity contribution in [1.29, 1.82) is 0 Å². The summed E-state index contributed by atoms with van der Waals surface area (Å²) in [5, 5.41) is 6.96. The number of rotatable bonds is 5. The van der Waals surface area contributed by atoms with Crippen LogP contribution in [0, 0.1) is 5.41 Å². The van der Waals surface area contributed by atoms with Gasteiger partial charge in [-0.1, -0.05) is 33.6 Å². The van der Waals surface area contributed by atoms with E-state index in [1.165, 1.54) is 38.9 Å². The van der Waals surface area contributed by atoms with Gasteiger partial charge in [0.1, 0.15) is 0 Å². The summed E-state index contributed by atoms with van der Waals surface area (Å²) >= 11 is 0. The van der Waals surface area contributed by atoms with Gasteiger partial charge < -0.3 is 15.5 Å². The van der Waals surface area contributed by atoms with E-state index >= 15 is 0 Å². The van der Waals surface area contributed by atoms with Gasteiger partial charge in [0, 0.05) is 45.8 Å². The summed E-state index contributed by atoms with van der Waals surface area (Å²) in [5.41, 5.74) is 0.462. The maximum atomic E-state index is 3.48. The largest absolute Gasteiger partial charge is 0.314 e. The molecule has 1 aliphatic rings. The Hall–Kier alpha value is -0.120. The molecule has 0 radical (unpaired) electrons. The van der Waals surface area contributed by atoms with E-state index in [2.05, 4.69) is 36.3 Å². The van der Waals surface area contributed by atoms with E-state index < -0.39 is 0 Å². The van der Waals surface area contributed by atoms with Crippen molar-refractivity contribution in [2.75, 3.05) is 45.8 Å². The first-order chi connectivity index (χ1) is 8.14. The Morgan fingerprint density at radius 1 is 1.00 bits per heavy atom. The van der Waals surface area contributed by atoms with Crippen molar-refractivity contribution in [3.63, 3.8) is 0 Å². The third-order valence-corrected chi connectivity index (χ3v) is 3.55. The summed E-state index contributed by atoms with van der Waals surface area (Å²) in [6.45, 7) is 15.2. The van der Waals surface area contributed by atoms with Crippen molar-refractivity contribution in [2.24, 2.45) is 5.41 Å². The van der Waals surface area contributed by atoms with Crippen molar-refractivity contribution in [2.45, 2.75) is 40.0 Å². The summed E-state index contributed by atoms with van der Waals surface area (Å²) < 4.78 is 0. The van der Waals surface area contributed by atoms with Crippen LogP contribution >= 0.6 is 0 Å². The summed E-state index contributed by atoms with van der Waals surface area (Å²) in [5.74, 6) is 0. The van der Waals surface area contributed by atoms with Crippen LogP contribution in [0.3, 0.4) is 0 Å². The fraction of sp³-hybridized carbons (Fsp3) is 1.00. The second-order valence-electron chi connectivity index (χ2n) is 6.04. The quantitative estimate of drug-likeness (QED) is 0.767. The lowest BCUT2D eigenvalue weighted by Gasteiger charge is -2.32. The zero-order valence-corrected chi connectivity index (χ0v) is 12.0. The Kier molecular flexibility index (Phi) is 7.09. The SMILES string of the molecule is CCCCC(C)(C)CN1CCNCCNCC1. The molecule has 17 heavy (non-hydrogen) atoms. The van der Waals surface area contributed by atoms with Crippen LogP contribution in [0.1, 0.15) is 40.0 Å². The number of nitrogens with zero attached hydrogens (tertiary/aromatic N) is 1. The van der Waals surface area contributed by atoms with Gasteiger partial charge in [-0.15, -0.1) is 0 Å². The molecular weight excluding hydrogens is 210 g/mol. The summed E-state index contributed by atoms with van der Waals surface area (Å²) in [4.78, 5) is 2.61. The van der Waals surface area contributed by atoms with Gasteiger partial charge >= 0.3 is 0 Å². The van der Waals surface area contributed by atoms with Crippen LogP contribution in [-0.4, -0.2) is 50.7 Å². The molecule has 0 amide bonds. The zero-order valence-electron chi connectivity index (χ0n) is 12.0. The molecule has 0 unspecified atom stereocenters. The molecule has 0 spiro atoms. The average Bonchev–Trinajstić information content (AvgIpc) is 2.40. The minimum Gasteiger partial charge on any atom is -0.314 e. The Bertz CT molecular complexity index is 182. The molecule has 3 nitrogen and oxygen atoms in total. The first-order valence-electron chi connectivity index (χ1n) is 7.28. The minimum atomic E-state index is 0.462. The van der Waals surface area contributed by atoms with Gasteiger partial charge in [0.2, 0.25) is 0 Å². The van der Waals surface area contributed by atoms with Crippen molar-refractivity contribution in [3.05, 3.63) is 0 Å². The fourth-order valence-electron chi connectivity index (χ4n) is 2.51. The fourth-order valence-corrected chi connectivity index (χ4v) is 2.51. The molecule has 2 N–H and O–H groups in total. The highest BCUT2D eigenvalue weighted by atomic mass is 15.2. The lowest BCUT2D eigenvalue weighted by Crippen LogP contribution is -2.40. The van der Waals surface area contributed by atoms with Gasteiger partial charge in [0.25, 0.3) is 0 Å². The third-order valence-electron chi connectivity index (χ3n) is 3.55. The predicted octanol–water partition coefficient (Wildman–Crippen LogP) is 1.70. The zero-order chi connectivity index (χ0) is 12.6. The number of nitrogens with one attached hydrogen (secondary N) is 2. The normalized spacial score (nSPS) is 20.6. The molecule has 102 valence electrons. The molecule has 0 aliphatic carbocycles. The molecule has 0 bridgehead atoms. The molecule has 0 aromatic carbocycles. The average molecular weight is 241 g/mol. The molecule has 1 heterocycles. The highest BCUT2D eigenvalue weighted by Crippen LogP contribution is 2.24. The summed E-state index contributed by atoms with van der Waals surface area (Å²) in [6.07, 6.45) is 4.02. The smallest absolute Gasteiger partial charge is 0.0108 e. The molecule has 1 saturated heterocycles. The van der Waals surface area contributed by atoms with E-state index in [4.69, 9.17) is 0 Å². The van der Waals surface area contributed by atoms with Crippen LogP contribution in [-0.2, 0) is 0 Å². The lowest BCUT2D eigenvalue weighted by molar-refractivity contribution is 0.170. The van der Waals surface area contributed by atoms with E-state index in [9.17, 15) is 0 Å². The van der Waals surface area contributed by atoms with Gasteiger partial charge in [-0.05, 0) is 11.8 Å². The van der Waals surface area contributed by atoms with Crippen LogP contribution in [0.4, 0.5) is 0 Å². The van der Waals surface area contributed by atoms with E-state index in [1.54, 1.807) is 0 Å². The predicted molar refractivity (Wildman–Crippen MR) is 75.5 cm³/mol. The molecule has 0 aromatic heterocycles. The summed E-state index contributed by atoms with van der Waals surface area (Å²) in [7, 11) is 0. The maximum Gasteiger partial charge on any atom is 0.0108 e. The van der Waals surface area contributed by atoms with Crippen molar-refractivity contribution < 1.29 is 0 Å². The molecular formula is C14H31N3. The van der Waals surface area contributed by atoms with E-state index in [0.717, 1.165) is 26.2 Å². The molecule has 1 rings (SSSR count). The van der Waals surface area contributed by atoms with Crippen molar-refractivity contribution in [3.8, 4) is 0 Å². The Morgan fingerprint density at radius 2 is 1.59 bits per heavy atom. The Balaban J connectivity index is 2.34. The highest BCUT2D eigenvalue weighted by Gasteiger charge is 2.21. The van der Waals surface area contributed by atoms with Crippen LogP contribution in [0.2, 0.25) is 0 Å². The Labute approximate surface area is 107 Å². The van der Waals surface area contributed by atoms with Gasteiger partial charge in [0.15, 0.2) is 0 Å². The number of hydrogen-bond donors (Lipinski definition) is 2. The van der Waals surface area contributed by atoms with Crippen molar-refractivity contribution >= 4 is 0 Å². The van der Waals surface area contributed by atoms with E-state index in [0.29, 0.717) is 5.41 Å². The van der Waals surface area contributed by atoms with Crippen LogP contribution in [0.15, 0.2) is 0 Å². The summed E-state index contributed by atoms with van der Waals surface area (Å²) in [6, 6.07) is 0. The first kappa shape index (κ1) is 14.9. The Morgan fingerprint density at radius 3 is 2.12 bits per heavy atom. The first-order valence-corrected chi connectivity index (χ1v) is 7.28. The second kappa shape index (κ2) is 8.06. The number of unbranched alkanes of at least 4 members (excludes halogenated alkanes) is 1. The van der Waals surface area contributed by atoms with E-state index in [1.807, 2.05) is 0 Å². The van der Waals surface area contributed by atoms with Gasteiger partial charge in [-0.25, -0.2) is 0 Å². The maximum absolute atomic E-state index is 3.48. The van der Waals surface area contributed by atoms with Crippen molar-refractivity contribution in [1.82, 2.24) is 15.5 Å². The van der Waals surface area contributed by atoms with E-state index in [-0.39, 0.29) is 0 Å². The minimum absolute atomic E-state index is 0.462. The third kappa shape index (κ3) is 7.02. The van der Waals surface area contributed by atoms with Gasteiger partial charge in [-0.3, -0.25) is 0 Å². The van der Waals surface area contributed by atoms with Crippen LogP contribution in [0.25, 0.3) is 0 Å². The highest BCUT2D eigenvalue weighted by molar-refractivity contribution is 4.76. The van der Waals surface area contributed by atoms with Crippen LogP contribution in [0.5, 0.6) is 0 Å². The standard InChI is InChI=1S/C14H31N3/c1-4-5-6-14(2,3)13-17-11-9-15-7-8-16-10-12-17/h15-16H,4-13H2,1-3H3. The van der Waals surface area contributed by atoms with Gasteiger partial charge in [-0.2, -0.15) is 0 Å². The van der Waals surface area contributed by atoms with Gasteiger partial charge in [0.05, 0.1) is 0 Å². The topological polar surface area (TPSA) is 27.3 Å². The monoisotopic (exact) mass is 241 g/mol. The molecule has 0 atom stereocenters. The molecule has 0 saturated carbocycles. The molecule has 0 aromatic rings. The molecule has 1 aliphatic heterocycles. The lowest BCUT2D eigenvalue weighted by atomic mass is 9.86.